The van der Waals surface area contributed by atoms with Crippen LogP contribution in [0.1, 0.15) is 50.0 Å². The van der Waals surface area contributed by atoms with E-state index in [2.05, 4.69) is 45.1 Å². The summed E-state index contributed by atoms with van der Waals surface area (Å²) in [7, 11) is 0. The third kappa shape index (κ3) is 2.44. The van der Waals surface area contributed by atoms with E-state index in [0.29, 0.717) is 17.2 Å². The lowest BCUT2D eigenvalue weighted by molar-refractivity contribution is -0.139. The molecule has 1 heterocycles. The van der Waals surface area contributed by atoms with Crippen LogP contribution in [0, 0.1) is 11.3 Å². The maximum atomic E-state index is 12.3. The summed E-state index contributed by atoms with van der Waals surface area (Å²) in [6, 6.07) is 8.82. The molecule has 4 rings (SSSR count). The summed E-state index contributed by atoms with van der Waals surface area (Å²) in [5.41, 5.74) is 1.99. The maximum Gasteiger partial charge on any atom is 0.225 e. The number of carbonyl (C=O) groups excluding carboxylic acids is 1. The first-order chi connectivity index (χ1) is 10.2. The molecular formula is C18H22BrNO. The highest BCUT2D eigenvalue weighted by Gasteiger charge is 2.55. The average molecular weight is 348 g/mol. The van der Waals surface area contributed by atoms with Crippen molar-refractivity contribution in [1.29, 1.82) is 0 Å². The number of carbonyl (C=O) groups is 1. The molecule has 112 valence electrons. The van der Waals surface area contributed by atoms with Gasteiger partial charge in [-0.15, -0.1) is 0 Å². The fraction of sp³-hybridized carbons (Fsp3) is 0.611. The molecule has 1 spiro atoms. The quantitative estimate of drug-likeness (QED) is 0.778. The fourth-order valence-electron chi connectivity index (χ4n) is 4.15. The number of rotatable bonds is 2. The van der Waals surface area contributed by atoms with Crippen molar-refractivity contribution in [1.82, 2.24) is 4.90 Å². The summed E-state index contributed by atoms with van der Waals surface area (Å²) < 4.78 is 1.15. The Morgan fingerprint density at radius 2 is 1.81 bits per heavy atom. The van der Waals surface area contributed by atoms with Crippen LogP contribution in [0.5, 0.6) is 0 Å². The van der Waals surface area contributed by atoms with E-state index in [1.807, 2.05) is 0 Å². The zero-order valence-corrected chi connectivity index (χ0v) is 13.9. The van der Waals surface area contributed by atoms with Gasteiger partial charge in [-0.2, -0.15) is 0 Å². The Kier molecular flexibility index (Phi) is 3.36. The Morgan fingerprint density at radius 1 is 1.14 bits per heavy atom. The summed E-state index contributed by atoms with van der Waals surface area (Å²) in [5, 5.41) is 0. The molecule has 3 fully saturated rings. The number of hydrogen-bond acceptors (Lipinski definition) is 1. The van der Waals surface area contributed by atoms with E-state index in [-0.39, 0.29) is 0 Å². The Labute approximate surface area is 135 Å². The van der Waals surface area contributed by atoms with Crippen LogP contribution in [0.2, 0.25) is 0 Å². The summed E-state index contributed by atoms with van der Waals surface area (Å²) in [6.07, 6.45) is 7.22. The highest BCUT2D eigenvalue weighted by molar-refractivity contribution is 9.10. The van der Waals surface area contributed by atoms with Gasteiger partial charge < -0.3 is 4.90 Å². The lowest BCUT2D eigenvalue weighted by Gasteiger charge is -2.37. The third-order valence-corrected chi connectivity index (χ3v) is 6.52. The van der Waals surface area contributed by atoms with Crippen molar-refractivity contribution < 1.29 is 4.79 Å². The number of hydrogen-bond donors (Lipinski definition) is 0. The predicted octanol–water partition coefficient (Wildman–Crippen LogP) is 4.35. The molecule has 1 aliphatic heterocycles. The van der Waals surface area contributed by atoms with Crippen LogP contribution in [0.25, 0.3) is 0 Å². The number of halogens is 1. The molecule has 1 aromatic carbocycles. The average Bonchev–Trinajstić information content (AvgIpc) is 3.12. The number of piperidine rings is 1. The normalized spacial score (nSPS) is 27.5. The zero-order valence-electron chi connectivity index (χ0n) is 12.4. The molecule has 2 saturated carbocycles. The van der Waals surface area contributed by atoms with Crippen molar-refractivity contribution in [3.8, 4) is 0 Å². The van der Waals surface area contributed by atoms with Crippen molar-refractivity contribution in [3.05, 3.63) is 34.3 Å². The molecule has 0 bridgehead atoms. The van der Waals surface area contributed by atoms with Gasteiger partial charge in [0, 0.05) is 23.5 Å². The van der Waals surface area contributed by atoms with Crippen LogP contribution >= 0.6 is 15.9 Å². The highest BCUT2D eigenvalue weighted by Crippen LogP contribution is 2.65. The Morgan fingerprint density at radius 3 is 2.38 bits per heavy atom. The molecule has 0 aromatic heterocycles. The lowest BCUT2D eigenvalue weighted by Crippen LogP contribution is -2.44. The Balaban J connectivity index is 1.37. The van der Waals surface area contributed by atoms with E-state index < -0.39 is 0 Å². The molecule has 1 amide bonds. The van der Waals surface area contributed by atoms with Crippen LogP contribution in [-0.4, -0.2) is 23.9 Å². The van der Waals surface area contributed by atoms with Gasteiger partial charge in [-0.25, -0.2) is 0 Å². The van der Waals surface area contributed by atoms with Gasteiger partial charge in [0.15, 0.2) is 0 Å². The Hall–Kier alpha value is -0.830. The van der Waals surface area contributed by atoms with E-state index >= 15 is 0 Å². The first kappa shape index (κ1) is 13.8. The molecule has 2 nitrogen and oxygen atoms in total. The summed E-state index contributed by atoms with van der Waals surface area (Å²) in [5.74, 6) is 1.53. The second-order valence-corrected chi connectivity index (χ2v) is 8.04. The van der Waals surface area contributed by atoms with Gasteiger partial charge in [0.1, 0.15) is 0 Å². The van der Waals surface area contributed by atoms with Gasteiger partial charge in [-0.3, -0.25) is 4.79 Å². The molecule has 1 saturated heterocycles. The van der Waals surface area contributed by atoms with Gasteiger partial charge in [-0.1, -0.05) is 34.5 Å². The second kappa shape index (κ2) is 5.12. The topological polar surface area (TPSA) is 20.3 Å². The number of nitrogens with zero attached hydrogens (tertiary/aromatic N) is 1. The van der Waals surface area contributed by atoms with Gasteiger partial charge in [0.25, 0.3) is 0 Å². The standard InChI is InChI=1S/C18H22BrNO/c19-15-6-4-13(5-7-15)16-12-18(16)8-10-20(11-9-18)17(21)14-2-1-3-14/h4-7,14,16H,1-3,8-12H2. The molecule has 3 aliphatic rings. The van der Waals surface area contributed by atoms with Gasteiger partial charge in [-0.05, 0) is 61.1 Å². The summed E-state index contributed by atoms with van der Waals surface area (Å²) >= 11 is 3.51. The molecule has 2 aliphatic carbocycles. The van der Waals surface area contributed by atoms with Crippen LogP contribution in [0.15, 0.2) is 28.7 Å². The monoisotopic (exact) mass is 347 g/mol. The third-order valence-electron chi connectivity index (χ3n) is 5.99. The smallest absolute Gasteiger partial charge is 0.225 e. The number of amides is 1. The number of benzene rings is 1. The molecule has 0 radical (unpaired) electrons. The second-order valence-electron chi connectivity index (χ2n) is 7.12. The lowest BCUT2D eigenvalue weighted by atomic mass is 9.82. The number of likely N-dealkylation sites (tertiary alicyclic amines) is 1. The van der Waals surface area contributed by atoms with E-state index in [9.17, 15) is 4.79 Å². The van der Waals surface area contributed by atoms with Crippen LogP contribution in [-0.2, 0) is 4.79 Å². The Bertz CT molecular complexity index is 541. The SMILES string of the molecule is O=C(C1CCC1)N1CCC2(CC1)CC2c1ccc(Br)cc1. The fourth-order valence-corrected chi connectivity index (χ4v) is 4.42. The summed E-state index contributed by atoms with van der Waals surface area (Å²) in [6.45, 7) is 1.98. The van der Waals surface area contributed by atoms with E-state index in [1.54, 1.807) is 0 Å². The molecular weight excluding hydrogens is 326 g/mol. The molecule has 3 heteroatoms. The van der Waals surface area contributed by atoms with Gasteiger partial charge in [0.2, 0.25) is 5.91 Å². The highest BCUT2D eigenvalue weighted by atomic mass is 79.9. The van der Waals surface area contributed by atoms with Crippen molar-refractivity contribution in [2.75, 3.05) is 13.1 Å². The van der Waals surface area contributed by atoms with Gasteiger partial charge in [0.05, 0.1) is 0 Å². The first-order valence-electron chi connectivity index (χ1n) is 8.22. The van der Waals surface area contributed by atoms with Crippen molar-refractivity contribution in [2.45, 2.75) is 44.4 Å². The minimum atomic E-state index is 0.362. The van der Waals surface area contributed by atoms with Crippen LogP contribution in [0.3, 0.4) is 0 Å². The zero-order chi connectivity index (χ0) is 14.4. The molecule has 1 aromatic rings. The van der Waals surface area contributed by atoms with Crippen molar-refractivity contribution in [3.63, 3.8) is 0 Å². The van der Waals surface area contributed by atoms with Crippen LogP contribution in [0.4, 0.5) is 0 Å². The van der Waals surface area contributed by atoms with Gasteiger partial charge >= 0.3 is 0 Å². The van der Waals surface area contributed by atoms with E-state index in [0.717, 1.165) is 36.3 Å². The molecule has 1 unspecified atom stereocenters. The van der Waals surface area contributed by atoms with Crippen molar-refractivity contribution >= 4 is 21.8 Å². The largest absolute Gasteiger partial charge is 0.342 e. The minimum Gasteiger partial charge on any atom is -0.342 e. The first-order valence-corrected chi connectivity index (χ1v) is 9.01. The minimum absolute atomic E-state index is 0.362. The molecule has 21 heavy (non-hydrogen) atoms. The van der Waals surface area contributed by atoms with Crippen molar-refractivity contribution in [2.24, 2.45) is 11.3 Å². The predicted molar refractivity (Wildman–Crippen MR) is 87.1 cm³/mol. The molecule has 0 N–H and O–H groups in total. The van der Waals surface area contributed by atoms with Crippen LogP contribution < -0.4 is 0 Å². The van der Waals surface area contributed by atoms with E-state index in [4.69, 9.17) is 0 Å². The summed E-state index contributed by atoms with van der Waals surface area (Å²) in [4.78, 5) is 14.5. The molecule has 1 atom stereocenters. The van der Waals surface area contributed by atoms with E-state index in [1.165, 1.54) is 31.2 Å². The maximum absolute atomic E-state index is 12.3.